The first-order valence-electron chi connectivity index (χ1n) is 5.77. The van der Waals surface area contributed by atoms with Gasteiger partial charge in [-0.25, -0.2) is 0 Å². The van der Waals surface area contributed by atoms with Crippen LogP contribution >= 0.6 is 0 Å². The first kappa shape index (κ1) is 11.0. The van der Waals surface area contributed by atoms with Crippen molar-refractivity contribution in [1.82, 2.24) is 4.90 Å². The third-order valence-corrected chi connectivity index (χ3v) is 3.12. The van der Waals surface area contributed by atoms with Gasteiger partial charge in [0.25, 0.3) is 0 Å². The summed E-state index contributed by atoms with van der Waals surface area (Å²) in [5, 5.41) is 0. The van der Waals surface area contributed by atoms with Gasteiger partial charge in [-0.1, -0.05) is 20.3 Å². The van der Waals surface area contributed by atoms with E-state index in [1.807, 2.05) is 0 Å². The molecular formula is C11H24N2. The van der Waals surface area contributed by atoms with E-state index in [1.165, 1.54) is 45.2 Å². The highest BCUT2D eigenvalue weighted by atomic mass is 15.1. The van der Waals surface area contributed by atoms with Gasteiger partial charge in [-0.05, 0) is 38.8 Å². The third kappa shape index (κ3) is 3.28. The van der Waals surface area contributed by atoms with Gasteiger partial charge in [0.1, 0.15) is 0 Å². The maximum Gasteiger partial charge on any atom is 0.0110 e. The van der Waals surface area contributed by atoms with E-state index in [-0.39, 0.29) is 0 Å². The normalized spacial score (nSPS) is 29.5. The van der Waals surface area contributed by atoms with Crippen LogP contribution in [-0.2, 0) is 0 Å². The molecule has 0 aromatic carbocycles. The molecule has 0 saturated heterocycles. The quantitative estimate of drug-likeness (QED) is 0.724. The van der Waals surface area contributed by atoms with Crippen molar-refractivity contribution in [3.63, 3.8) is 0 Å². The molecule has 0 spiro atoms. The van der Waals surface area contributed by atoms with Crippen LogP contribution in [0.15, 0.2) is 0 Å². The molecular weight excluding hydrogens is 160 g/mol. The number of rotatable bonds is 4. The molecule has 2 unspecified atom stereocenters. The number of hydrogen-bond donors (Lipinski definition) is 1. The molecule has 13 heavy (non-hydrogen) atoms. The second-order valence-corrected chi connectivity index (χ2v) is 4.21. The van der Waals surface area contributed by atoms with E-state index in [2.05, 4.69) is 18.7 Å². The summed E-state index contributed by atoms with van der Waals surface area (Å²) >= 11 is 0. The van der Waals surface area contributed by atoms with Crippen LogP contribution in [0.4, 0.5) is 0 Å². The minimum atomic E-state index is 0.463. The summed E-state index contributed by atoms with van der Waals surface area (Å²) in [5.74, 6) is 0. The molecule has 2 N–H and O–H groups in total. The third-order valence-electron chi connectivity index (χ3n) is 3.12. The standard InChI is InChI=1S/C11H24N2/c1-3-8-13(4-2)11-7-5-6-10(12)9-11/h10-11H,3-9,12H2,1-2H3. The van der Waals surface area contributed by atoms with Crippen molar-refractivity contribution in [2.45, 2.75) is 58.0 Å². The molecule has 0 amide bonds. The van der Waals surface area contributed by atoms with Crippen LogP contribution in [0.2, 0.25) is 0 Å². The summed E-state index contributed by atoms with van der Waals surface area (Å²) in [6.45, 7) is 6.94. The summed E-state index contributed by atoms with van der Waals surface area (Å²) in [6, 6.07) is 1.23. The molecule has 0 radical (unpaired) electrons. The summed E-state index contributed by atoms with van der Waals surface area (Å²) in [7, 11) is 0. The van der Waals surface area contributed by atoms with Gasteiger partial charge < -0.3 is 10.6 Å². The molecule has 1 saturated carbocycles. The molecule has 2 nitrogen and oxygen atoms in total. The Morgan fingerprint density at radius 1 is 1.31 bits per heavy atom. The van der Waals surface area contributed by atoms with Gasteiger partial charge in [0.2, 0.25) is 0 Å². The molecule has 1 fully saturated rings. The summed E-state index contributed by atoms with van der Waals surface area (Å²) in [4.78, 5) is 2.60. The van der Waals surface area contributed by atoms with Crippen LogP contribution in [0.25, 0.3) is 0 Å². The SMILES string of the molecule is CCCN(CC)C1CCCC(N)C1. The average molecular weight is 184 g/mol. The predicted molar refractivity (Wildman–Crippen MR) is 57.8 cm³/mol. The van der Waals surface area contributed by atoms with E-state index in [0.717, 1.165) is 6.04 Å². The molecule has 0 aromatic rings. The molecule has 1 aliphatic carbocycles. The molecule has 1 aliphatic rings. The fourth-order valence-corrected chi connectivity index (χ4v) is 2.42. The van der Waals surface area contributed by atoms with Crippen LogP contribution in [-0.4, -0.2) is 30.1 Å². The zero-order valence-electron chi connectivity index (χ0n) is 9.13. The Morgan fingerprint density at radius 2 is 2.08 bits per heavy atom. The van der Waals surface area contributed by atoms with Crippen LogP contribution in [0, 0.1) is 0 Å². The minimum Gasteiger partial charge on any atom is -0.328 e. The fourth-order valence-electron chi connectivity index (χ4n) is 2.42. The fraction of sp³-hybridized carbons (Fsp3) is 1.00. The average Bonchev–Trinajstić information content (AvgIpc) is 2.14. The first-order valence-corrected chi connectivity index (χ1v) is 5.77. The molecule has 0 bridgehead atoms. The highest BCUT2D eigenvalue weighted by molar-refractivity contribution is 4.81. The summed E-state index contributed by atoms with van der Waals surface area (Å²) < 4.78 is 0. The van der Waals surface area contributed by atoms with E-state index < -0.39 is 0 Å². The monoisotopic (exact) mass is 184 g/mol. The Hall–Kier alpha value is -0.0800. The molecule has 2 atom stereocenters. The van der Waals surface area contributed by atoms with E-state index in [4.69, 9.17) is 5.73 Å². The van der Waals surface area contributed by atoms with Gasteiger partial charge in [0.15, 0.2) is 0 Å². The number of hydrogen-bond acceptors (Lipinski definition) is 2. The van der Waals surface area contributed by atoms with Gasteiger partial charge in [-0.2, -0.15) is 0 Å². The topological polar surface area (TPSA) is 29.3 Å². The van der Waals surface area contributed by atoms with Crippen LogP contribution < -0.4 is 5.73 Å². The van der Waals surface area contributed by atoms with Crippen LogP contribution in [0.1, 0.15) is 46.0 Å². The summed E-state index contributed by atoms with van der Waals surface area (Å²) in [6.07, 6.45) is 6.40. The van der Waals surface area contributed by atoms with E-state index in [1.54, 1.807) is 0 Å². The minimum absolute atomic E-state index is 0.463. The number of nitrogens with zero attached hydrogens (tertiary/aromatic N) is 1. The first-order chi connectivity index (χ1) is 6.27. The van der Waals surface area contributed by atoms with E-state index in [9.17, 15) is 0 Å². The van der Waals surface area contributed by atoms with E-state index >= 15 is 0 Å². The Morgan fingerprint density at radius 3 is 2.62 bits per heavy atom. The largest absolute Gasteiger partial charge is 0.328 e. The van der Waals surface area contributed by atoms with Gasteiger partial charge >= 0.3 is 0 Å². The van der Waals surface area contributed by atoms with Crippen molar-refractivity contribution in [3.8, 4) is 0 Å². The van der Waals surface area contributed by atoms with Crippen molar-refractivity contribution in [3.05, 3.63) is 0 Å². The van der Waals surface area contributed by atoms with Crippen molar-refractivity contribution in [2.75, 3.05) is 13.1 Å². The maximum absolute atomic E-state index is 5.99. The van der Waals surface area contributed by atoms with Crippen molar-refractivity contribution in [1.29, 1.82) is 0 Å². The Balaban J connectivity index is 2.37. The molecule has 0 aliphatic heterocycles. The zero-order valence-corrected chi connectivity index (χ0v) is 9.13. The molecule has 0 heterocycles. The lowest BCUT2D eigenvalue weighted by Gasteiger charge is -2.35. The lowest BCUT2D eigenvalue weighted by Crippen LogP contribution is -2.42. The summed E-state index contributed by atoms with van der Waals surface area (Å²) in [5.41, 5.74) is 5.99. The van der Waals surface area contributed by atoms with E-state index in [0.29, 0.717) is 6.04 Å². The lowest BCUT2D eigenvalue weighted by molar-refractivity contribution is 0.154. The van der Waals surface area contributed by atoms with Gasteiger partial charge in [0.05, 0.1) is 0 Å². The lowest BCUT2D eigenvalue weighted by atomic mass is 9.90. The molecule has 2 heteroatoms. The number of nitrogens with two attached hydrogens (primary N) is 1. The van der Waals surface area contributed by atoms with Crippen LogP contribution in [0.5, 0.6) is 0 Å². The molecule has 0 aromatic heterocycles. The van der Waals surface area contributed by atoms with Crippen molar-refractivity contribution in [2.24, 2.45) is 5.73 Å². The Bertz CT molecular complexity index is 136. The van der Waals surface area contributed by atoms with Crippen molar-refractivity contribution < 1.29 is 0 Å². The van der Waals surface area contributed by atoms with Gasteiger partial charge in [-0.3, -0.25) is 0 Å². The Kier molecular flexibility index (Phi) is 4.74. The maximum atomic E-state index is 5.99. The molecule has 78 valence electrons. The van der Waals surface area contributed by atoms with Crippen LogP contribution in [0.3, 0.4) is 0 Å². The zero-order chi connectivity index (χ0) is 9.68. The second kappa shape index (κ2) is 5.61. The van der Waals surface area contributed by atoms with Crippen molar-refractivity contribution >= 4 is 0 Å². The van der Waals surface area contributed by atoms with Gasteiger partial charge in [0, 0.05) is 12.1 Å². The highest BCUT2D eigenvalue weighted by Crippen LogP contribution is 2.21. The molecule has 1 rings (SSSR count). The second-order valence-electron chi connectivity index (χ2n) is 4.21. The smallest absolute Gasteiger partial charge is 0.0110 e. The van der Waals surface area contributed by atoms with Gasteiger partial charge in [-0.15, -0.1) is 0 Å². The predicted octanol–water partition coefficient (Wildman–Crippen LogP) is 1.99. The highest BCUT2D eigenvalue weighted by Gasteiger charge is 2.23. The Labute approximate surface area is 82.5 Å².